The Bertz CT molecular complexity index is 1130. The van der Waals surface area contributed by atoms with Crippen molar-refractivity contribution in [2.75, 3.05) is 19.8 Å². The number of carbonyl (C=O) groups is 2. The van der Waals surface area contributed by atoms with E-state index in [1.54, 1.807) is 0 Å². The summed E-state index contributed by atoms with van der Waals surface area (Å²) in [6.45, 7) is 7.70. The first-order valence-electron chi connectivity index (χ1n) is 28.8. The second-order valence-corrected chi connectivity index (χ2v) is 19.2. The van der Waals surface area contributed by atoms with E-state index in [0.29, 0.717) is 19.4 Å². The number of rotatable bonds is 53. The summed E-state index contributed by atoms with van der Waals surface area (Å²) in [5.74, 6) is -0.429. The molecule has 0 aliphatic heterocycles. The van der Waals surface area contributed by atoms with Crippen molar-refractivity contribution < 1.29 is 23.8 Å². The average Bonchev–Trinajstić information content (AvgIpc) is 3.32. The lowest BCUT2D eigenvalue weighted by Crippen LogP contribution is -2.30. The van der Waals surface area contributed by atoms with Gasteiger partial charge >= 0.3 is 11.9 Å². The monoisotopic (exact) mass is 923 g/mol. The van der Waals surface area contributed by atoms with Crippen LogP contribution in [0.15, 0.2) is 60.8 Å². The molecule has 1 unspecified atom stereocenters. The number of carbonyl (C=O) groups excluding carboxylic acids is 2. The van der Waals surface area contributed by atoms with Gasteiger partial charge in [0.25, 0.3) is 0 Å². The fourth-order valence-electron chi connectivity index (χ4n) is 8.26. The summed E-state index contributed by atoms with van der Waals surface area (Å²) in [5.41, 5.74) is 0. The predicted molar refractivity (Wildman–Crippen MR) is 288 cm³/mol. The zero-order valence-electron chi connectivity index (χ0n) is 44.2. The van der Waals surface area contributed by atoms with E-state index in [1.807, 2.05) is 0 Å². The van der Waals surface area contributed by atoms with Crippen molar-refractivity contribution in [1.82, 2.24) is 0 Å². The van der Waals surface area contributed by atoms with Crippen LogP contribution in [0, 0.1) is 0 Å². The van der Waals surface area contributed by atoms with Gasteiger partial charge in [-0.05, 0) is 83.5 Å². The fourth-order valence-corrected chi connectivity index (χ4v) is 8.26. The molecule has 0 amide bonds. The zero-order valence-corrected chi connectivity index (χ0v) is 44.2. The minimum Gasteiger partial charge on any atom is -0.462 e. The van der Waals surface area contributed by atoms with Gasteiger partial charge in [-0.15, -0.1) is 0 Å². The van der Waals surface area contributed by atoms with Gasteiger partial charge in [0, 0.05) is 19.4 Å². The van der Waals surface area contributed by atoms with Gasteiger partial charge in [-0.25, -0.2) is 0 Å². The van der Waals surface area contributed by atoms with Crippen molar-refractivity contribution in [3.05, 3.63) is 60.8 Å². The Kier molecular flexibility index (Phi) is 54.9. The van der Waals surface area contributed by atoms with Crippen LogP contribution >= 0.6 is 0 Å². The van der Waals surface area contributed by atoms with Crippen LogP contribution in [0.5, 0.6) is 0 Å². The van der Waals surface area contributed by atoms with E-state index in [2.05, 4.69) is 81.5 Å². The van der Waals surface area contributed by atoms with Crippen molar-refractivity contribution in [3.63, 3.8) is 0 Å². The van der Waals surface area contributed by atoms with Crippen LogP contribution in [0.25, 0.3) is 0 Å². The molecule has 66 heavy (non-hydrogen) atoms. The molecule has 1 atom stereocenters. The number of esters is 2. The van der Waals surface area contributed by atoms with E-state index < -0.39 is 6.10 Å². The number of ether oxygens (including phenoxy) is 3. The third-order valence-corrected chi connectivity index (χ3v) is 12.5. The predicted octanol–water partition coefficient (Wildman–Crippen LogP) is 19.7. The molecular weight excluding hydrogens is 813 g/mol. The number of unbranched alkanes of at least 4 members (excludes halogenated alkanes) is 32. The maximum Gasteiger partial charge on any atom is 0.306 e. The first kappa shape index (κ1) is 63.6. The highest BCUT2D eigenvalue weighted by molar-refractivity contribution is 5.70. The Hall–Kier alpha value is -2.40. The molecule has 5 heteroatoms. The largest absolute Gasteiger partial charge is 0.462 e. The van der Waals surface area contributed by atoms with Gasteiger partial charge < -0.3 is 14.2 Å². The van der Waals surface area contributed by atoms with Gasteiger partial charge in [-0.1, -0.05) is 255 Å². The molecule has 384 valence electrons. The lowest BCUT2D eigenvalue weighted by molar-refractivity contribution is -0.163. The quantitative estimate of drug-likeness (QED) is 0.0346. The van der Waals surface area contributed by atoms with Crippen LogP contribution in [0.4, 0.5) is 0 Å². The highest BCUT2D eigenvalue weighted by atomic mass is 16.6. The first-order chi connectivity index (χ1) is 32.6. The summed E-state index contributed by atoms with van der Waals surface area (Å²) in [4.78, 5) is 25.5. The molecule has 0 aliphatic carbocycles. The van der Waals surface area contributed by atoms with Crippen molar-refractivity contribution >= 4 is 11.9 Å². The van der Waals surface area contributed by atoms with Crippen LogP contribution in [0.3, 0.4) is 0 Å². The van der Waals surface area contributed by atoms with Crippen LogP contribution in [0.1, 0.15) is 290 Å². The van der Waals surface area contributed by atoms with Gasteiger partial charge in [-0.2, -0.15) is 0 Å². The summed E-state index contributed by atoms with van der Waals surface area (Å²) in [6.07, 6.45) is 72.5. The van der Waals surface area contributed by atoms with E-state index in [4.69, 9.17) is 14.2 Å². The molecule has 0 heterocycles. The van der Waals surface area contributed by atoms with E-state index in [9.17, 15) is 9.59 Å². The summed E-state index contributed by atoms with van der Waals surface area (Å²) >= 11 is 0. The Labute approximate surface area is 411 Å². The maximum absolute atomic E-state index is 12.8. The highest BCUT2D eigenvalue weighted by Crippen LogP contribution is 2.16. The molecule has 0 saturated carbocycles. The lowest BCUT2D eigenvalue weighted by Gasteiger charge is -2.18. The second kappa shape index (κ2) is 56.9. The normalized spacial score (nSPS) is 12.6. The smallest absolute Gasteiger partial charge is 0.306 e. The van der Waals surface area contributed by atoms with Crippen molar-refractivity contribution in [3.8, 4) is 0 Å². The minimum absolute atomic E-state index is 0.0711. The molecule has 5 nitrogen and oxygen atoms in total. The lowest BCUT2D eigenvalue weighted by atomic mass is 10.0. The third-order valence-electron chi connectivity index (χ3n) is 12.5. The van der Waals surface area contributed by atoms with E-state index >= 15 is 0 Å². The molecule has 0 spiro atoms. The molecule has 0 fully saturated rings. The van der Waals surface area contributed by atoms with Crippen molar-refractivity contribution in [1.29, 1.82) is 0 Å². The van der Waals surface area contributed by atoms with E-state index in [-0.39, 0.29) is 25.2 Å². The molecule has 0 aliphatic rings. The van der Waals surface area contributed by atoms with E-state index in [0.717, 1.165) is 83.5 Å². The van der Waals surface area contributed by atoms with Gasteiger partial charge in [0.1, 0.15) is 6.61 Å². The van der Waals surface area contributed by atoms with Crippen LogP contribution in [-0.2, 0) is 23.8 Å². The highest BCUT2D eigenvalue weighted by Gasteiger charge is 2.17. The third kappa shape index (κ3) is 54.2. The summed E-state index contributed by atoms with van der Waals surface area (Å²) in [7, 11) is 0. The van der Waals surface area contributed by atoms with Gasteiger partial charge in [0.15, 0.2) is 6.10 Å². The maximum atomic E-state index is 12.8. The Balaban J connectivity index is 4.24. The molecule has 0 radical (unpaired) electrons. The Morgan fingerprint density at radius 3 is 1.14 bits per heavy atom. The minimum atomic E-state index is -0.554. The van der Waals surface area contributed by atoms with Crippen LogP contribution < -0.4 is 0 Å². The number of hydrogen-bond donors (Lipinski definition) is 0. The topological polar surface area (TPSA) is 61.8 Å². The zero-order chi connectivity index (χ0) is 47.7. The summed E-state index contributed by atoms with van der Waals surface area (Å²) < 4.78 is 17.4. The molecule has 0 aromatic rings. The van der Waals surface area contributed by atoms with Crippen molar-refractivity contribution in [2.45, 2.75) is 297 Å². The second-order valence-electron chi connectivity index (χ2n) is 19.2. The molecular formula is C61H110O5. The van der Waals surface area contributed by atoms with Gasteiger partial charge in [-0.3, -0.25) is 9.59 Å². The Morgan fingerprint density at radius 1 is 0.348 bits per heavy atom. The van der Waals surface area contributed by atoms with Crippen LogP contribution in [0.2, 0.25) is 0 Å². The standard InChI is InChI=1S/C61H110O5/c1-4-7-10-13-16-19-22-25-27-29-30-31-33-35-38-41-44-47-50-53-56-64-57-59(66-61(63)55-52-49-46-43-40-36-24-21-18-15-12-9-6-3)58-65-60(62)54-51-48-45-42-39-37-34-32-28-26-23-20-17-14-11-8-5-2/h9,12,17-18,20-21,26,28,36,40,59H,4-8,10-11,13-16,19,22-25,27,29-35,37-39,41-58H2,1-3H3/b12-9-,20-17-,21-18-,28-26-,40-36-. The molecule has 0 saturated heterocycles. The van der Waals surface area contributed by atoms with E-state index in [1.165, 1.54) is 173 Å². The van der Waals surface area contributed by atoms with Gasteiger partial charge in [0.05, 0.1) is 6.61 Å². The molecule has 0 aromatic heterocycles. The first-order valence-corrected chi connectivity index (χ1v) is 28.8. The summed E-state index contributed by atoms with van der Waals surface area (Å²) in [5, 5.41) is 0. The molecule has 0 aromatic carbocycles. The molecule has 0 rings (SSSR count). The Morgan fingerprint density at radius 2 is 0.682 bits per heavy atom. The average molecular weight is 924 g/mol. The van der Waals surface area contributed by atoms with Gasteiger partial charge in [0.2, 0.25) is 0 Å². The number of allylic oxidation sites excluding steroid dienone is 10. The SMILES string of the molecule is CC/C=C\C/C=C\C/C=C\CCCCCC(=O)OC(COCCCCCCCCCCCCCCCCCCCCCC)COC(=O)CCCCCCCCC/C=C\C/C=C\CCCCC. The number of hydrogen-bond acceptors (Lipinski definition) is 5. The fraction of sp³-hybridized carbons (Fsp3) is 0.803. The molecule has 0 bridgehead atoms. The van der Waals surface area contributed by atoms with Crippen LogP contribution in [-0.4, -0.2) is 37.9 Å². The summed E-state index contributed by atoms with van der Waals surface area (Å²) in [6, 6.07) is 0. The molecule has 0 N–H and O–H groups in total. The van der Waals surface area contributed by atoms with Crippen molar-refractivity contribution in [2.24, 2.45) is 0 Å².